The fourth-order valence-corrected chi connectivity index (χ4v) is 3.80. The van der Waals surface area contributed by atoms with Crippen molar-refractivity contribution in [3.8, 4) is 0 Å². The minimum atomic E-state index is -5.01. The van der Waals surface area contributed by atoms with Crippen LogP contribution in [0.4, 0.5) is 41.2 Å². The lowest BCUT2D eigenvalue weighted by Crippen LogP contribution is -2.42. The molecule has 0 bridgehead atoms. The van der Waals surface area contributed by atoms with Gasteiger partial charge >= 0.3 is 12.3 Å². The summed E-state index contributed by atoms with van der Waals surface area (Å²) in [5, 5.41) is 0. The third-order valence-electron chi connectivity index (χ3n) is 5.44. The van der Waals surface area contributed by atoms with E-state index < -0.39 is 59.2 Å². The minimum absolute atomic E-state index is 0.00631. The van der Waals surface area contributed by atoms with E-state index in [0.717, 1.165) is 17.0 Å². The minimum Gasteiger partial charge on any atom is -0.449 e. The van der Waals surface area contributed by atoms with E-state index >= 15 is 0 Å². The topological polar surface area (TPSA) is 46.6 Å². The molecule has 3 rings (SSSR count). The van der Waals surface area contributed by atoms with Crippen molar-refractivity contribution >= 4 is 23.1 Å². The standard InChI is InChI=1S/C24H20F7NO3/c1-3-16-11-18(20(33)13-7-14(22(27)28)9-15(8-13)24(29,30)31)17-10-12(21(25)26)5-6-19(17)32(16)23(34)35-4-2/h5-11,16,21-22H,3-4H2,1-2H3. The molecule has 0 fully saturated rings. The molecule has 188 valence electrons. The molecule has 1 aliphatic heterocycles. The Morgan fingerprint density at radius 1 is 0.971 bits per heavy atom. The summed E-state index contributed by atoms with van der Waals surface area (Å²) in [6.45, 7) is 3.22. The van der Waals surface area contributed by atoms with Crippen molar-refractivity contribution in [3.05, 3.63) is 70.3 Å². The van der Waals surface area contributed by atoms with Crippen molar-refractivity contribution in [2.75, 3.05) is 11.5 Å². The molecule has 4 nitrogen and oxygen atoms in total. The van der Waals surface area contributed by atoms with E-state index in [9.17, 15) is 40.3 Å². The molecule has 0 spiro atoms. The molecule has 2 aromatic carbocycles. The Hall–Kier alpha value is -3.37. The van der Waals surface area contributed by atoms with E-state index in [-0.39, 0.29) is 35.9 Å². The van der Waals surface area contributed by atoms with Gasteiger partial charge in [-0.3, -0.25) is 9.69 Å². The Morgan fingerprint density at radius 3 is 2.17 bits per heavy atom. The average Bonchev–Trinajstić information content (AvgIpc) is 2.81. The number of carbonyl (C=O) groups is 2. The number of ether oxygens (including phenoxy) is 1. The zero-order valence-electron chi connectivity index (χ0n) is 18.5. The highest BCUT2D eigenvalue weighted by molar-refractivity contribution is 6.31. The van der Waals surface area contributed by atoms with Crippen LogP contribution in [0.3, 0.4) is 0 Å². The lowest BCUT2D eigenvalue weighted by Gasteiger charge is -2.35. The van der Waals surface area contributed by atoms with E-state index in [1.165, 1.54) is 12.1 Å². The van der Waals surface area contributed by atoms with Gasteiger partial charge in [0.15, 0.2) is 5.78 Å². The van der Waals surface area contributed by atoms with Gasteiger partial charge in [0, 0.05) is 27.8 Å². The molecule has 0 saturated carbocycles. The van der Waals surface area contributed by atoms with Crippen LogP contribution in [0, 0.1) is 0 Å². The largest absolute Gasteiger partial charge is 0.449 e. The Bertz CT molecular complexity index is 1160. The lowest BCUT2D eigenvalue weighted by molar-refractivity contribution is -0.137. The molecule has 0 aliphatic carbocycles. The van der Waals surface area contributed by atoms with Gasteiger partial charge in [0.1, 0.15) is 0 Å². The van der Waals surface area contributed by atoms with Crippen LogP contribution in [0.1, 0.15) is 65.7 Å². The second kappa shape index (κ2) is 10.1. The van der Waals surface area contributed by atoms with Crippen LogP contribution in [-0.2, 0) is 10.9 Å². The first-order valence-electron chi connectivity index (χ1n) is 10.5. The first-order chi connectivity index (χ1) is 16.4. The number of ketones is 1. The Labute approximate surface area is 196 Å². The molecule has 1 heterocycles. The second-order valence-corrected chi connectivity index (χ2v) is 7.67. The molecule has 35 heavy (non-hydrogen) atoms. The summed E-state index contributed by atoms with van der Waals surface area (Å²) in [6.07, 6.45) is -10.6. The summed E-state index contributed by atoms with van der Waals surface area (Å²) < 4.78 is 98.4. The molecule has 0 saturated heterocycles. The van der Waals surface area contributed by atoms with Crippen LogP contribution in [0.15, 0.2) is 42.5 Å². The molecule has 1 unspecified atom stereocenters. The molecule has 1 amide bonds. The van der Waals surface area contributed by atoms with Gasteiger partial charge in [-0.15, -0.1) is 0 Å². The Morgan fingerprint density at radius 2 is 1.63 bits per heavy atom. The average molecular weight is 503 g/mol. The first kappa shape index (κ1) is 26.2. The van der Waals surface area contributed by atoms with Crippen LogP contribution >= 0.6 is 0 Å². The summed E-state index contributed by atoms with van der Waals surface area (Å²) >= 11 is 0. The fourth-order valence-electron chi connectivity index (χ4n) is 3.80. The van der Waals surface area contributed by atoms with E-state index in [4.69, 9.17) is 4.74 Å². The number of rotatable bonds is 6. The number of Topliss-reactive ketones (excluding diaryl/α,β-unsaturated/α-hetero) is 1. The number of allylic oxidation sites excluding steroid dienone is 1. The SMILES string of the molecule is CCOC(=O)N1c2ccc(C(F)F)cc2C(C(=O)c2cc(C(F)F)cc(C(F)(F)F)c2)=CC1CC. The number of amides is 1. The number of carbonyl (C=O) groups excluding carboxylic acids is 2. The number of hydrogen-bond donors (Lipinski definition) is 0. The molecule has 1 aliphatic rings. The van der Waals surface area contributed by atoms with Gasteiger partial charge in [0.2, 0.25) is 0 Å². The third kappa shape index (κ3) is 5.33. The summed E-state index contributed by atoms with van der Waals surface area (Å²) in [6, 6.07) is 3.70. The van der Waals surface area contributed by atoms with Crippen LogP contribution < -0.4 is 4.90 Å². The predicted molar refractivity (Wildman–Crippen MR) is 114 cm³/mol. The van der Waals surface area contributed by atoms with Crippen molar-refractivity contribution < 1.29 is 45.1 Å². The highest BCUT2D eigenvalue weighted by Gasteiger charge is 2.36. The summed E-state index contributed by atoms with van der Waals surface area (Å²) in [7, 11) is 0. The van der Waals surface area contributed by atoms with Crippen LogP contribution in [0.25, 0.3) is 5.57 Å². The molecular formula is C24H20F7NO3. The van der Waals surface area contributed by atoms with E-state index in [1.54, 1.807) is 13.8 Å². The quantitative estimate of drug-likeness (QED) is 0.301. The number of halogens is 7. The zero-order valence-corrected chi connectivity index (χ0v) is 18.5. The number of hydrogen-bond acceptors (Lipinski definition) is 3. The van der Waals surface area contributed by atoms with Gasteiger partial charge in [-0.2, -0.15) is 13.2 Å². The number of alkyl halides is 7. The second-order valence-electron chi connectivity index (χ2n) is 7.67. The molecule has 2 aromatic rings. The van der Waals surface area contributed by atoms with Gasteiger partial charge in [-0.1, -0.05) is 13.0 Å². The van der Waals surface area contributed by atoms with Crippen LogP contribution in [0.2, 0.25) is 0 Å². The molecule has 11 heteroatoms. The molecule has 0 aromatic heterocycles. The van der Waals surface area contributed by atoms with E-state index in [2.05, 4.69) is 0 Å². The maximum absolute atomic E-state index is 13.4. The van der Waals surface area contributed by atoms with Gasteiger partial charge < -0.3 is 4.74 Å². The highest BCUT2D eigenvalue weighted by atomic mass is 19.4. The van der Waals surface area contributed by atoms with Gasteiger partial charge in [-0.05, 0) is 49.8 Å². The van der Waals surface area contributed by atoms with Crippen LogP contribution in [-0.4, -0.2) is 24.5 Å². The lowest BCUT2D eigenvalue weighted by atomic mass is 9.87. The van der Waals surface area contributed by atoms with Gasteiger partial charge in [-0.25, -0.2) is 22.4 Å². The normalized spacial score (nSPS) is 15.8. The number of nitrogens with zero attached hydrogens (tertiary/aromatic N) is 1. The van der Waals surface area contributed by atoms with Crippen molar-refractivity contribution in [2.45, 2.75) is 45.3 Å². The molecule has 0 radical (unpaired) electrons. The van der Waals surface area contributed by atoms with Crippen molar-refractivity contribution in [1.82, 2.24) is 0 Å². The summed E-state index contributed by atoms with van der Waals surface area (Å²) in [5.74, 6) is -1.08. The number of anilines is 1. The first-order valence-corrected chi connectivity index (χ1v) is 10.5. The number of fused-ring (bicyclic) bond motifs is 1. The Kier molecular flexibility index (Phi) is 7.56. The van der Waals surface area contributed by atoms with E-state index in [0.29, 0.717) is 12.1 Å². The van der Waals surface area contributed by atoms with E-state index in [1.807, 2.05) is 0 Å². The van der Waals surface area contributed by atoms with Gasteiger partial charge in [0.05, 0.1) is 23.9 Å². The monoisotopic (exact) mass is 503 g/mol. The molecule has 0 N–H and O–H groups in total. The van der Waals surface area contributed by atoms with Crippen molar-refractivity contribution in [1.29, 1.82) is 0 Å². The smallest absolute Gasteiger partial charge is 0.416 e. The third-order valence-corrected chi connectivity index (χ3v) is 5.44. The molecule has 1 atom stereocenters. The maximum Gasteiger partial charge on any atom is 0.416 e. The van der Waals surface area contributed by atoms with Crippen molar-refractivity contribution in [2.24, 2.45) is 0 Å². The van der Waals surface area contributed by atoms with Gasteiger partial charge in [0.25, 0.3) is 12.9 Å². The Balaban J connectivity index is 2.23. The fraction of sp³-hybridized carbons (Fsp3) is 0.333. The summed E-state index contributed by atoms with van der Waals surface area (Å²) in [5.41, 5.74) is -4.05. The highest BCUT2D eigenvalue weighted by Crippen LogP contribution is 2.40. The maximum atomic E-state index is 13.4. The van der Waals surface area contributed by atoms with Crippen molar-refractivity contribution in [3.63, 3.8) is 0 Å². The summed E-state index contributed by atoms with van der Waals surface area (Å²) in [4.78, 5) is 27.1. The zero-order chi connectivity index (χ0) is 26.1. The predicted octanol–water partition coefficient (Wildman–Crippen LogP) is 7.60. The van der Waals surface area contributed by atoms with Crippen LogP contribution in [0.5, 0.6) is 0 Å². The molecular weight excluding hydrogens is 483 g/mol. The number of benzene rings is 2.